The van der Waals surface area contributed by atoms with E-state index in [9.17, 15) is 9.59 Å². The maximum Gasteiger partial charge on any atom is 0.308 e. The van der Waals surface area contributed by atoms with Crippen LogP contribution in [0.2, 0.25) is 0 Å². The molecular weight excluding hydrogens is 204 g/mol. The van der Waals surface area contributed by atoms with Gasteiger partial charge in [-0.2, -0.15) is 4.89 Å². The van der Waals surface area contributed by atoms with Crippen molar-refractivity contribution in [3.63, 3.8) is 0 Å². The number of carbonyl (C=O) groups is 2. The average molecular weight is 218 g/mol. The second-order valence-corrected chi connectivity index (χ2v) is 2.54. The Kier molecular flexibility index (Phi) is 7.00. The molecule has 0 saturated heterocycles. The Morgan fingerprint density at radius 2 is 1.67 bits per heavy atom. The molecule has 6 nitrogen and oxygen atoms in total. The highest BCUT2D eigenvalue weighted by Gasteiger charge is 2.20. The molecule has 0 unspecified atom stereocenters. The van der Waals surface area contributed by atoms with Crippen molar-refractivity contribution >= 4 is 11.9 Å². The molecule has 0 aliphatic heterocycles. The van der Waals surface area contributed by atoms with Gasteiger partial charge in [0.2, 0.25) is 0 Å². The first-order valence-electron chi connectivity index (χ1n) is 4.20. The molecule has 0 atom stereocenters. The molecule has 6 heteroatoms. The number of hydrogen-bond donors (Lipinski definition) is 0. The standard InChI is InChI=1S/C9H14O6/c1-4-14-15-7(5-8(10)12-2)6-9(11)13-3/h4,7H,1,5-6H2,2-3H3. The van der Waals surface area contributed by atoms with Crippen molar-refractivity contribution in [3.05, 3.63) is 12.8 Å². The zero-order valence-corrected chi connectivity index (χ0v) is 8.73. The molecule has 0 bridgehead atoms. The van der Waals surface area contributed by atoms with Gasteiger partial charge < -0.3 is 14.4 Å². The highest BCUT2D eigenvalue weighted by atomic mass is 17.2. The number of methoxy groups -OCH3 is 2. The van der Waals surface area contributed by atoms with Gasteiger partial charge in [-0.25, -0.2) is 0 Å². The minimum Gasteiger partial charge on any atom is -0.469 e. The van der Waals surface area contributed by atoms with E-state index in [1.54, 1.807) is 0 Å². The minimum atomic E-state index is -0.747. The molecule has 86 valence electrons. The van der Waals surface area contributed by atoms with Gasteiger partial charge in [-0.3, -0.25) is 9.59 Å². The van der Waals surface area contributed by atoms with E-state index >= 15 is 0 Å². The number of carbonyl (C=O) groups excluding carboxylic acids is 2. The van der Waals surface area contributed by atoms with Crippen molar-refractivity contribution in [1.29, 1.82) is 0 Å². The van der Waals surface area contributed by atoms with Gasteiger partial charge in [-0.1, -0.05) is 6.58 Å². The first kappa shape index (κ1) is 13.4. The Labute approximate surface area is 87.7 Å². The number of esters is 2. The fraction of sp³-hybridized carbons (Fsp3) is 0.556. The third kappa shape index (κ3) is 6.50. The van der Waals surface area contributed by atoms with Crippen LogP contribution in [0.25, 0.3) is 0 Å². The summed E-state index contributed by atoms with van der Waals surface area (Å²) in [5, 5.41) is 0. The van der Waals surface area contributed by atoms with E-state index in [2.05, 4.69) is 20.9 Å². The van der Waals surface area contributed by atoms with Gasteiger partial charge in [-0.05, 0) is 0 Å². The van der Waals surface area contributed by atoms with Crippen LogP contribution in [0.5, 0.6) is 0 Å². The number of rotatable bonds is 7. The normalized spacial score (nSPS) is 9.53. The van der Waals surface area contributed by atoms with Crippen molar-refractivity contribution in [3.8, 4) is 0 Å². The van der Waals surface area contributed by atoms with Crippen LogP contribution < -0.4 is 0 Å². The van der Waals surface area contributed by atoms with Crippen LogP contribution in [-0.4, -0.2) is 32.3 Å². The van der Waals surface area contributed by atoms with E-state index in [0.29, 0.717) is 0 Å². The molecule has 0 aliphatic carbocycles. The van der Waals surface area contributed by atoms with Crippen molar-refractivity contribution in [1.82, 2.24) is 0 Å². The molecule has 0 radical (unpaired) electrons. The summed E-state index contributed by atoms with van der Waals surface area (Å²) in [5.74, 6) is -1.01. The monoisotopic (exact) mass is 218 g/mol. The summed E-state index contributed by atoms with van der Waals surface area (Å²) in [7, 11) is 2.48. The number of ether oxygens (including phenoxy) is 2. The third-order valence-electron chi connectivity index (χ3n) is 1.50. The van der Waals surface area contributed by atoms with Gasteiger partial charge in [-0.15, -0.1) is 0 Å². The van der Waals surface area contributed by atoms with Gasteiger partial charge in [0.25, 0.3) is 0 Å². The first-order valence-corrected chi connectivity index (χ1v) is 4.20. The summed E-state index contributed by atoms with van der Waals surface area (Å²) in [6.45, 7) is 3.25. The van der Waals surface area contributed by atoms with Crippen LogP contribution in [0.4, 0.5) is 0 Å². The van der Waals surface area contributed by atoms with Crippen LogP contribution in [0.1, 0.15) is 12.8 Å². The number of hydrogen-bond acceptors (Lipinski definition) is 6. The summed E-state index contributed by atoms with van der Waals surface area (Å²) < 4.78 is 8.85. The van der Waals surface area contributed by atoms with E-state index in [-0.39, 0.29) is 12.8 Å². The lowest BCUT2D eigenvalue weighted by Crippen LogP contribution is -2.22. The minimum absolute atomic E-state index is 0.0978. The Hall–Kier alpha value is -1.56. The lowest BCUT2D eigenvalue weighted by Gasteiger charge is -2.12. The Bertz CT molecular complexity index is 207. The molecular formula is C9H14O6. The predicted molar refractivity (Wildman–Crippen MR) is 49.4 cm³/mol. The zero-order valence-electron chi connectivity index (χ0n) is 8.73. The van der Waals surface area contributed by atoms with Gasteiger partial charge in [0, 0.05) is 0 Å². The lowest BCUT2D eigenvalue weighted by molar-refractivity contribution is -0.284. The maximum atomic E-state index is 10.9. The molecule has 0 aromatic carbocycles. The van der Waals surface area contributed by atoms with Crippen LogP contribution in [-0.2, 0) is 28.8 Å². The molecule has 0 aromatic rings. The molecule has 0 heterocycles. The quantitative estimate of drug-likeness (QED) is 0.269. The van der Waals surface area contributed by atoms with Crippen LogP contribution in [0.15, 0.2) is 12.8 Å². The smallest absolute Gasteiger partial charge is 0.308 e. The highest BCUT2D eigenvalue weighted by Crippen LogP contribution is 2.07. The van der Waals surface area contributed by atoms with E-state index in [4.69, 9.17) is 4.89 Å². The first-order chi connectivity index (χ1) is 7.13. The molecule has 0 fully saturated rings. The Morgan fingerprint density at radius 3 is 2.00 bits per heavy atom. The van der Waals surface area contributed by atoms with Gasteiger partial charge in [0.1, 0.15) is 12.4 Å². The molecule has 0 saturated carbocycles. The third-order valence-corrected chi connectivity index (χ3v) is 1.50. The summed E-state index contributed by atoms with van der Waals surface area (Å²) >= 11 is 0. The van der Waals surface area contributed by atoms with Crippen LogP contribution in [0.3, 0.4) is 0 Å². The molecule has 15 heavy (non-hydrogen) atoms. The molecule has 0 rings (SSSR count). The Balaban J connectivity index is 4.10. The summed E-state index contributed by atoms with van der Waals surface area (Å²) in [6.07, 6.45) is 0.100. The summed E-state index contributed by atoms with van der Waals surface area (Å²) in [4.78, 5) is 31.0. The van der Waals surface area contributed by atoms with Crippen molar-refractivity contribution in [2.24, 2.45) is 0 Å². The molecule has 0 aromatic heterocycles. The van der Waals surface area contributed by atoms with Crippen LogP contribution >= 0.6 is 0 Å². The van der Waals surface area contributed by atoms with E-state index in [1.165, 1.54) is 14.2 Å². The molecule has 0 spiro atoms. The predicted octanol–water partition coefficient (Wildman–Crippen LogP) is 0.573. The van der Waals surface area contributed by atoms with Crippen molar-refractivity contribution < 1.29 is 28.8 Å². The van der Waals surface area contributed by atoms with E-state index < -0.39 is 18.0 Å². The average Bonchev–Trinajstić information content (AvgIpc) is 2.25. The summed E-state index contributed by atoms with van der Waals surface area (Å²) in [6, 6.07) is 0. The molecule has 0 amide bonds. The van der Waals surface area contributed by atoms with Gasteiger partial charge in [0.05, 0.1) is 27.1 Å². The SMILES string of the molecule is C=COOC(CC(=O)OC)CC(=O)OC. The van der Waals surface area contributed by atoms with Crippen molar-refractivity contribution in [2.45, 2.75) is 18.9 Å². The summed E-state index contributed by atoms with van der Waals surface area (Å²) in [5.41, 5.74) is 0. The second kappa shape index (κ2) is 7.81. The fourth-order valence-corrected chi connectivity index (χ4v) is 0.797. The van der Waals surface area contributed by atoms with E-state index in [1.807, 2.05) is 0 Å². The van der Waals surface area contributed by atoms with Crippen molar-refractivity contribution in [2.75, 3.05) is 14.2 Å². The Morgan fingerprint density at radius 1 is 1.20 bits per heavy atom. The van der Waals surface area contributed by atoms with Crippen LogP contribution in [0, 0.1) is 0 Å². The second-order valence-electron chi connectivity index (χ2n) is 2.54. The lowest BCUT2D eigenvalue weighted by atomic mass is 10.2. The van der Waals surface area contributed by atoms with E-state index in [0.717, 1.165) is 6.26 Å². The fourth-order valence-electron chi connectivity index (χ4n) is 0.797. The van der Waals surface area contributed by atoms with Gasteiger partial charge >= 0.3 is 11.9 Å². The largest absolute Gasteiger partial charge is 0.469 e. The zero-order chi connectivity index (χ0) is 11.7. The maximum absolute atomic E-state index is 10.9. The molecule has 0 aliphatic rings. The molecule has 0 N–H and O–H groups in total. The topological polar surface area (TPSA) is 71.1 Å². The van der Waals surface area contributed by atoms with Gasteiger partial charge in [0.15, 0.2) is 0 Å². The highest BCUT2D eigenvalue weighted by molar-refractivity contribution is 5.73.